The number of benzene rings is 2. The Morgan fingerprint density at radius 3 is 1.43 bits per heavy atom. The lowest BCUT2D eigenvalue weighted by Crippen LogP contribution is -2.34. The average Bonchev–Trinajstić information content (AvgIpc) is 2.87. The topological polar surface area (TPSA) is 121 Å². The van der Waals surface area contributed by atoms with E-state index in [-0.39, 0.29) is 23.8 Å². The summed E-state index contributed by atoms with van der Waals surface area (Å²) in [6.07, 6.45) is 0.814. The zero-order valence-corrected chi connectivity index (χ0v) is 22.2. The van der Waals surface area contributed by atoms with Crippen LogP contribution < -0.4 is 9.47 Å². The number of aldehydes is 1. The number of hydrogen-bond donors (Lipinski definition) is 1. The summed E-state index contributed by atoms with van der Waals surface area (Å²) in [4.78, 5) is 34.0. The molecule has 0 aromatic heterocycles. The molecule has 0 aliphatic carbocycles. The van der Waals surface area contributed by atoms with Crippen molar-refractivity contribution in [1.29, 1.82) is 0 Å². The van der Waals surface area contributed by atoms with E-state index in [1.807, 2.05) is 27.7 Å². The molecule has 0 aliphatic heterocycles. The fraction of sp³-hybridized carbons (Fsp3) is 0.429. The Labute approximate surface area is 218 Å². The van der Waals surface area contributed by atoms with Gasteiger partial charge in [0.1, 0.15) is 17.8 Å². The second kappa shape index (κ2) is 16.7. The van der Waals surface area contributed by atoms with E-state index >= 15 is 0 Å². The predicted molar refractivity (Wildman–Crippen MR) is 139 cm³/mol. The van der Waals surface area contributed by atoms with Crippen LogP contribution in [0.5, 0.6) is 11.5 Å². The number of oxime groups is 1. The van der Waals surface area contributed by atoms with Gasteiger partial charge in [-0.2, -0.15) is 0 Å². The second-order valence-corrected chi connectivity index (χ2v) is 8.57. The Morgan fingerprint density at radius 1 is 0.757 bits per heavy atom. The van der Waals surface area contributed by atoms with Crippen molar-refractivity contribution in [1.82, 2.24) is 0 Å². The minimum absolute atomic E-state index is 0.00907. The summed E-state index contributed by atoms with van der Waals surface area (Å²) in [5.74, 6) is 0.409. The van der Waals surface area contributed by atoms with Gasteiger partial charge in [-0.3, -0.25) is 4.79 Å². The van der Waals surface area contributed by atoms with Crippen LogP contribution in [0.3, 0.4) is 0 Å². The molecule has 0 bridgehead atoms. The summed E-state index contributed by atoms with van der Waals surface area (Å²) in [5, 5.41) is 11.4. The fourth-order valence-corrected chi connectivity index (χ4v) is 2.98. The van der Waals surface area contributed by atoms with E-state index in [1.165, 1.54) is 6.21 Å². The maximum absolute atomic E-state index is 11.8. The molecule has 0 saturated heterocycles. The molecule has 0 aliphatic rings. The van der Waals surface area contributed by atoms with Gasteiger partial charge in [0.15, 0.2) is 12.2 Å². The maximum atomic E-state index is 11.8. The van der Waals surface area contributed by atoms with E-state index in [4.69, 9.17) is 24.2 Å². The van der Waals surface area contributed by atoms with Crippen LogP contribution in [-0.2, 0) is 19.1 Å². The second-order valence-electron chi connectivity index (χ2n) is 8.57. The van der Waals surface area contributed by atoms with Crippen molar-refractivity contribution in [2.24, 2.45) is 17.0 Å². The molecule has 2 aromatic carbocycles. The number of nitrogens with zero attached hydrogens (tertiary/aromatic N) is 1. The van der Waals surface area contributed by atoms with Crippen LogP contribution in [0, 0.1) is 11.8 Å². The van der Waals surface area contributed by atoms with E-state index in [0.29, 0.717) is 30.3 Å². The first-order valence-electron chi connectivity index (χ1n) is 12.2. The normalized spacial score (nSPS) is 12.3. The summed E-state index contributed by atoms with van der Waals surface area (Å²) < 4.78 is 21.2. The molecule has 9 heteroatoms. The van der Waals surface area contributed by atoms with E-state index in [2.05, 4.69) is 5.16 Å². The van der Waals surface area contributed by atoms with Gasteiger partial charge in [-0.05, 0) is 67.9 Å². The molecule has 1 unspecified atom stereocenters. The van der Waals surface area contributed by atoms with Gasteiger partial charge in [0.2, 0.25) is 0 Å². The number of rotatable bonds is 12. The monoisotopic (exact) mass is 515 g/mol. The van der Waals surface area contributed by atoms with Crippen LogP contribution in [0.4, 0.5) is 0 Å². The lowest BCUT2D eigenvalue weighted by molar-refractivity contribution is -0.154. The first-order valence-corrected chi connectivity index (χ1v) is 12.2. The molecule has 1 N–H and O–H groups in total. The summed E-state index contributed by atoms with van der Waals surface area (Å²) in [5.41, 5.74) is 1.31. The molecule has 2 atom stereocenters. The Kier molecular flexibility index (Phi) is 14.1. The lowest BCUT2D eigenvalue weighted by atomic mass is 10.1. The van der Waals surface area contributed by atoms with Crippen LogP contribution in [-0.4, -0.2) is 55.1 Å². The molecule has 2 aromatic rings. The van der Waals surface area contributed by atoms with Gasteiger partial charge >= 0.3 is 11.9 Å². The van der Waals surface area contributed by atoms with Crippen LogP contribution in [0.15, 0.2) is 53.7 Å². The SMILES string of the molecule is CCOC(=O)C(Oc1ccc(C=O)cc1)C(C)C.CCOC(=O)[C@H](Oc1ccc(/C=N\O)cc1)C(C)C. The number of ether oxygens (including phenoxy) is 4. The molecular weight excluding hydrogens is 478 g/mol. The van der Waals surface area contributed by atoms with Crippen LogP contribution in [0.1, 0.15) is 57.5 Å². The Bertz CT molecular complexity index is 984. The van der Waals surface area contributed by atoms with Gasteiger partial charge in [0.25, 0.3) is 0 Å². The molecule has 0 radical (unpaired) electrons. The fourth-order valence-electron chi connectivity index (χ4n) is 2.98. The zero-order chi connectivity index (χ0) is 27.8. The highest BCUT2D eigenvalue weighted by molar-refractivity contribution is 5.79. The van der Waals surface area contributed by atoms with Crippen LogP contribution in [0.2, 0.25) is 0 Å². The van der Waals surface area contributed by atoms with Gasteiger partial charge < -0.3 is 24.2 Å². The number of carbonyl (C=O) groups is 3. The van der Waals surface area contributed by atoms with E-state index in [1.54, 1.807) is 62.4 Å². The highest BCUT2D eigenvalue weighted by atomic mass is 16.6. The Morgan fingerprint density at radius 2 is 1.14 bits per heavy atom. The number of esters is 2. The summed E-state index contributed by atoms with van der Waals surface area (Å²) >= 11 is 0. The standard InChI is InChI=1S/C14H19NO4.C14H18O4/c1-4-18-14(16)13(10(2)3)19-12-7-5-11(6-8-12)9-15-17;1-4-17-14(16)13(10(2)3)18-12-7-5-11(9-15)6-8-12/h5-10,13,17H,4H2,1-3H3;5-10,13H,4H2,1-3H3/b15-9-;/t13-;/m1./s1. The smallest absolute Gasteiger partial charge is 0.347 e. The van der Waals surface area contributed by atoms with Crippen molar-refractivity contribution >= 4 is 24.4 Å². The van der Waals surface area contributed by atoms with E-state index in [9.17, 15) is 14.4 Å². The third-order valence-corrected chi connectivity index (χ3v) is 4.88. The molecule has 202 valence electrons. The maximum Gasteiger partial charge on any atom is 0.347 e. The average molecular weight is 516 g/mol. The van der Waals surface area contributed by atoms with E-state index in [0.717, 1.165) is 11.8 Å². The molecule has 0 spiro atoms. The van der Waals surface area contributed by atoms with Gasteiger partial charge in [0.05, 0.1) is 19.4 Å². The molecule has 0 amide bonds. The molecular formula is C28H37NO8. The minimum atomic E-state index is -0.632. The predicted octanol–water partition coefficient (Wildman–Crippen LogP) is 4.93. The number of carbonyl (C=O) groups excluding carboxylic acids is 3. The van der Waals surface area contributed by atoms with Gasteiger partial charge in [0, 0.05) is 17.4 Å². The Balaban J connectivity index is 0.000000371. The molecule has 0 fully saturated rings. The lowest BCUT2D eigenvalue weighted by Gasteiger charge is -2.20. The molecule has 0 heterocycles. The van der Waals surface area contributed by atoms with Gasteiger partial charge in [-0.15, -0.1) is 0 Å². The summed E-state index contributed by atoms with van der Waals surface area (Å²) in [7, 11) is 0. The number of hydrogen-bond acceptors (Lipinski definition) is 9. The molecule has 0 saturated carbocycles. The van der Waals surface area contributed by atoms with Crippen molar-refractivity contribution in [2.45, 2.75) is 53.8 Å². The highest BCUT2D eigenvalue weighted by Gasteiger charge is 2.26. The van der Waals surface area contributed by atoms with Crippen molar-refractivity contribution in [2.75, 3.05) is 13.2 Å². The van der Waals surface area contributed by atoms with Crippen molar-refractivity contribution in [3.8, 4) is 11.5 Å². The summed E-state index contributed by atoms with van der Waals surface area (Å²) in [6, 6.07) is 13.5. The molecule has 9 nitrogen and oxygen atoms in total. The van der Waals surface area contributed by atoms with Crippen LogP contribution >= 0.6 is 0 Å². The Hall–Kier alpha value is -3.88. The first-order chi connectivity index (χ1) is 17.7. The van der Waals surface area contributed by atoms with Crippen molar-refractivity contribution in [3.05, 3.63) is 59.7 Å². The quantitative estimate of drug-likeness (QED) is 0.139. The van der Waals surface area contributed by atoms with Crippen molar-refractivity contribution < 1.29 is 38.5 Å². The van der Waals surface area contributed by atoms with Gasteiger partial charge in [-0.25, -0.2) is 9.59 Å². The zero-order valence-electron chi connectivity index (χ0n) is 22.2. The minimum Gasteiger partial charge on any atom is -0.478 e. The highest BCUT2D eigenvalue weighted by Crippen LogP contribution is 2.19. The van der Waals surface area contributed by atoms with Gasteiger partial charge in [-0.1, -0.05) is 32.9 Å². The van der Waals surface area contributed by atoms with Crippen molar-refractivity contribution in [3.63, 3.8) is 0 Å². The first kappa shape index (κ1) is 31.2. The third kappa shape index (κ3) is 11.2. The molecule has 2 rings (SSSR count). The summed E-state index contributed by atoms with van der Waals surface area (Å²) in [6.45, 7) is 11.8. The third-order valence-electron chi connectivity index (χ3n) is 4.88. The van der Waals surface area contributed by atoms with E-state index < -0.39 is 12.2 Å². The van der Waals surface area contributed by atoms with Crippen LogP contribution in [0.25, 0.3) is 0 Å². The molecule has 37 heavy (non-hydrogen) atoms. The largest absolute Gasteiger partial charge is 0.478 e.